The summed E-state index contributed by atoms with van der Waals surface area (Å²) in [6, 6.07) is 9.60. The molecule has 0 aliphatic rings. The van der Waals surface area contributed by atoms with Crippen molar-refractivity contribution in [3.05, 3.63) is 72.1 Å². The highest BCUT2D eigenvalue weighted by atomic mass is 19.4. The molecule has 170 valence electrons. The van der Waals surface area contributed by atoms with Crippen LogP contribution in [0.15, 0.2) is 55.1 Å². The van der Waals surface area contributed by atoms with Crippen LogP contribution in [0.5, 0.6) is 5.75 Å². The molecule has 6 nitrogen and oxygen atoms in total. The fourth-order valence-electron chi connectivity index (χ4n) is 3.40. The minimum absolute atomic E-state index is 0.110. The summed E-state index contributed by atoms with van der Waals surface area (Å²) < 4.78 is 41.6. The molecule has 2 aromatic heterocycles. The van der Waals surface area contributed by atoms with Crippen LogP contribution in [0, 0.1) is 5.41 Å². The van der Waals surface area contributed by atoms with Gasteiger partial charge in [0.2, 0.25) is 0 Å². The van der Waals surface area contributed by atoms with Crippen LogP contribution >= 0.6 is 0 Å². The average molecular weight is 447 g/mol. The molecule has 1 atom stereocenters. The lowest BCUT2D eigenvalue weighted by Crippen LogP contribution is -2.43. The van der Waals surface area contributed by atoms with E-state index in [9.17, 15) is 23.4 Å². The third-order valence-electron chi connectivity index (χ3n) is 5.14. The van der Waals surface area contributed by atoms with Crippen molar-refractivity contribution in [2.75, 3.05) is 6.61 Å². The van der Waals surface area contributed by atoms with E-state index in [4.69, 9.17) is 4.74 Å². The summed E-state index contributed by atoms with van der Waals surface area (Å²) in [5.41, 5.74) is 0.150. The molecule has 0 radical (unpaired) electrons. The number of aliphatic hydroxyl groups is 2. The first-order chi connectivity index (χ1) is 15.0. The SMILES string of the molecule is CC(C)(C)C(O)(c1ccc(-c2ccc(OCC(F)(F)F)cc2)cn1)c1cncnc1CO. The number of aliphatic hydroxyl groups excluding tert-OH is 1. The maximum absolute atomic E-state index is 12.3. The van der Waals surface area contributed by atoms with Crippen molar-refractivity contribution in [2.45, 2.75) is 39.2 Å². The summed E-state index contributed by atoms with van der Waals surface area (Å²) >= 11 is 0. The molecule has 1 aromatic carbocycles. The third kappa shape index (κ3) is 4.89. The largest absolute Gasteiger partial charge is 0.484 e. The Morgan fingerprint density at radius 2 is 1.56 bits per heavy atom. The maximum atomic E-state index is 12.3. The molecule has 0 fully saturated rings. The van der Waals surface area contributed by atoms with Gasteiger partial charge in [-0.3, -0.25) is 4.98 Å². The Kier molecular flexibility index (Phi) is 6.52. The molecule has 0 amide bonds. The van der Waals surface area contributed by atoms with Crippen LogP contribution in [0.25, 0.3) is 11.1 Å². The van der Waals surface area contributed by atoms with Crippen molar-refractivity contribution >= 4 is 0 Å². The smallest absolute Gasteiger partial charge is 0.422 e. The standard InChI is InChI=1S/C23H24F3N3O3/c1-21(2,3)23(31,18-11-27-14-29-19(18)12-30)20-9-6-16(10-28-20)15-4-7-17(8-5-15)32-13-22(24,25)26/h4-11,14,30-31H,12-13H2,1-3H3. The van der Waals surface area contributed by atoms with Crippen molar-refractivity contribution < 1.29 is 28.1 Å². The van der Waals surface area contributed by atoms with Gasteiger partial charge in [0.1, 0.15) is 17.7 Å². The van der Waals surface area contributed by atoms with Crippen LogP contribution in [0.4, 0.5) is 13.2 Å². The zero-order valence-corrected chi connectivity index (χ0v) is 17.9. The van der Waals surface area contributed by atoms with Gasteiger partial charge >= 0.3 is 6.18 Å². The van der Waals surface area contributed by atoms with E-state index in [2.05, 4.69) is 15.0 Å². The van der Waals surface area contributed by atoms with Gasteiger partial charge in [-0.05, 0) is 23.8 Å². The van der Waals surface area contributed by atoms with E-state index in [-0.39, 0.29) is 12.4 Å². The lowest BCUT2D eigenvalue weighted by Gasteiger charge is -2.40. The summed E-state index contributed by atoms with van der Waals surface area (Å²) in [5, 5.41) is 21.5. The monoisotopic (exact) mass is 447 g/mol. The first kappa shape index (κ1) is 23.6. The number of hydrogen-bond donors (Lipinski definition) is 2. The van der Waals surface area contributed by atoms with E-state index in [0.29, 0.717) is 22.5 Å². The van der Waals surface area contributed by atoms with Gasteiger partial charge in [0, 0.05) is 28.9 Å². The molecule has 3 rings (SSSR count). The van der Waals surface area contributed by atoms with Gasteiger partial charge in [0.15, 0.2) is 6.61 Å². The number of benzene rings is 1. The first-order valence-corrected chi connectivity index (χ1v) is 9.85. The zero-order chi connectivity index (χ0) is 23.6. The molecule has 2 heterocycles. The number of pyridine rings is 1. The Labute approximate surface area is 183 Å². The summed E-state index contributed by atoms with van der Waals surface area (Å²) in [6.45, 7) is 3.81. The van der Waals surface area contributed by atoms with Gasteiger partial charge in [-0.1, -0.05) is 39.0 Å². The highest BCUT2D eigenvalue weighted by molar-refractivity contribution is 5.63. The topological polar surface area (TPSA) is 88.4 Å². The molecule has 9 heteroatoms. The molecular formula is C23H24F3N3O3. The minimum atomic E-state index is -4.40. The Morgan fingerprint density at radius 1 is 0.906 bits per heavy atom. The quantitative estimate of drug-likeness (QED) is 0.587. The van der Waals surface area contributed by atoms with E-state index >= 15 is 0 Å². The van der Waals surface area contributed by atoms with E-state index in [0.717, 1.165) is 5.56 Å². The van der Waals surface area contributed by atoms with Crippen molar-refractivity contribution in [3.8, 4) is 16.9 Å². The van der Waals surface area contributed by atoms with Crippen LogP contribution < -0.4 is 4.74 Å². The molecule has 0 bridgehead atoms. The van der Waals surface area contributed by atoms with Crippen LogP contribution in [0.1, 0.15) is 37.7 Å². The zero-order valence-electron chi connectivity index (χ0n) is 17.9. The number of alkyl halides is 3. The molecule has 32 heavy (non-hydrogen) atoms. The van der Waals surface area contributed by atoms with Gasteiger partial charge in [-0.15, -0.1) is 0 Å². The second kappa shape index (κ2) is 8.84. The van der Waals surface area contributed by atoms with E-state index in [1.54, 1.807) is 30.5 Å². The molecule has 3 aromatic rings. The number of halogens is 3. The van der Waals surface area contributed by atoms with Crippen LogP contribution in [-0.4, -0.2) is 37.9 Å². The lowest BCUT2D eigenvalue weighted by molar-refractivity contribution is -0.153. The Hall–Kier alpha value is -3.04. The lowest BCUT2D eigenvalue weighted by atomic mass is 9.70. The van der Waals surface area contributed by atoms with Gasteiger partial charge < -0.3 is 14.9 Å². The summed E-state index contributed by atoms with van der Waals surface area (Å²) in [6.07, 6.45) is -0.0577. The van der Waals surface area contributed by atoms with Crippen molar-refractivity contribution in [2.24, 2.45) is 5.41 Å². The van der Waals surface area contributed by atoms with Crippen LogP contribution in [0.3, 0.4) is 0 Å². The van der Waals surface area contributed by atoms with Crippen LogP contribution in [0.2, 0.25) is 0 Å². The van der Waals surface area contributed by atoms with Crippen LogP contribution in [-0.2, 0) is 12.2 Å². The first-order valence-electron chi connectivity index (χ1n) is 9.85. The van der Waals surface area contributed by atoms with E-state index < -0.39 is 23.8 Å². The second-order valence-electron chi connectivity index (χ2n) is 8.36. The molecule has 0 spiro atoms. The maximum Gasteiger partial charge on any atom is 0.422 e. The Balaban J connectivity index is 1.92. The second-order valence-corrected chi connectivity index (χ2v) is 8.36. The van der Waals surface area contributed by atoms with Crippen molar-refractivity contribution in [1.82, 2.24) is 15.0 Å². The molecule has 1 unspecified atom stereocenters. The summed E-state index contributed by atoms with van der Waals surface area (Å²) in [7, 11) is 0. The number of aromatic nitrogens is 3. The number of hydrogen-bond acceptors (Lipinski definition) is 6. The average Bonchev–Trinajstić information content (AvgIpc) is 2.76. The van der Waals surface area contributed by atoms with E-state index in [1.165, 1.54) is 24.7 Å². The molecular weight excluding hydrogens is 423 g/mol. The summed E-state index contributed by atoms with van der Waals surface area (Å²) in [5.74, 6) is 0.110. The van der Waals surface area contributed by atoms with Gasteiger partial charge in [0.05, 0.1) is 18.0 Å². The highest BCUT2D eigenvalue weighted by Gasteiger charge is 2.46. The van der Waals surface area contributed by atoms with Gasteiger partial charge in [-0.2, -0.15) is 13.2 Å². The predicted molar refractivity (Wildman–Crippen MR) is 112 cm³/mol. The number of nitrogens with zero attached hydrogens (tertiary/aromatic N) is 3. The normalized spacial score (nSPS) is 14.1. The third-order valence-corrected chi connectivity index (χ3v) is 5.14. The molecule has 0 saturated carbocycles. The fraction of sp³-hybridized carbons (Fsp3) is 0.348. The van der Waals surface area contributed by atoms with Gasteiger partial charge in [0.25, 0.3) is 0 Å². The highest BCUT2D eigenvalue weighted by Crippen LogP contribution is 2.44. The summed E-state index contributed by atoms with van der Waals surface area (Å²) in [4.78, 5) is 12.6. The molecule has 2 N–H and O–H groups in total. The van der Waals surface area contributed by atoms with E-state index in [1.807, 2.05) is 20.8 Å². The number of ether oxygens (including phenoxy) is 1. The fourth-order valence-corrected chi connectivity index (χ4v) is 3.40. The Morgan fingerprint density at radius 3 is 2.09 bits per heavy atom. The predicted octanol–water partition coefficient (Wildman–Crippen LogP) is 4.25. The van der Waals surface area contributed by atoms with Gasteiger partial charge in [-0.25, -0.2) is 9.97 Å². The minimum Gasteiger partial charge on any atom is -0.484 e. The Bertz CT molecular complexity index is 1050. The van der Waals surface area contributed by atoms with Crippen molar-refractivity contribution in [3.63, 3.8) is 0 Å². The van der Waals surface area contributed by atoms with Crippen molar-refractivity contribution in [1.29, 1.82) is 0 Å². The molecule has 0 saturated heterocycles. The molecule has 0 aliphatic heterocycles. The number of rotatable bonds is 6. The molecule has 0 aliphatic carbocycles.